The van der Waals surface area contributed by atoms with Crippen LogP contribution < -0.4 is 20.9 Å². The van der Waals surface area contributed by atoms with Crippen LogP contribution in [-0.4, -0.2) is 45.0 Å². The number of benzene rings is 1. The molecule has 0 spiro atoms. The second-order valence-corrected chi connectivity index (χ2v) is 12.6. The number of imidazole rings is 1. The molecule has 216 valence electrons. The first-order valence-electron chi connectivity index (χ1n) is 13.0. The van der Waals surface area contributed by atoms with Crippen molar-refractivity contribution in [3.05, 3.63) is 48.2 Å². The van der Waals surface area contributed by atoms with Crippen molar-refractivity contribution >= 4 is 74.2 Å². The van der Waals surface area contributed by atoms with Crippen molar-refractivity contribution in [2.45, 2.75) is 74.4 Å². The summed E-state index contributed by atoms with van der Waals surface area (Å²) in [5.74, 6) is 0.743. The van der Waals surface area contributed by atoms with Crippen molar-refractivity contribution in [2.24, 2.45) is 5.73 Å². The highest BCUT2D eigenvalue weighted by atomic mass is 35.5. The van der Waals surface area contributed by atoms with Gasteiger partial charge >= 0.3 is 0 Å². The van der Waals surface area contributed by atoms with E-state index in [1.54, 1.807) is 48.2 Å². The lowest BCUT2D eigenvalue weighted by molar-refractivity contribution is 0.410. The van der Waals surface area contributed by atoms with Crippen molar-refractivity contribution < 1.29 is 8.42 Å². The Morgan fingerprint density at radius 3 is 2.38 bits per heavy atom. The molecule has 3 aromatic heterocycles. The minimum Gasteiger partial charge on any atom is -0.351 e. The molecule has 0 amide bonds. The molecule has 0 atom stereocenters. The summed E-state index contributed by atoms with van der Waals surface area (Å²) in [7, 11) is -4.01. The maximum absolute atomic E-state index is 13.8. The van der Waals surface area contributed by atoms with Gasteiger partial charge in [-0.3, -0.25) is 5.43 Å². The Balaban J connectivity index is 0.00000185. The monoisotopic (exact) mass is 625 g/mol. The van der Waals surface area contributed by atoms with E-state index in [0.29, 0.717) is 29.0 Å². The van der Waals surface area contributed by atoms with Crippen molar-refractivity contribution in [3.8, 4) is 0 Å². The van der Waals surface area contributed by atoms with Crippen LogP contribution in [0.15, 0.2) is 53.1 Å². The quantitative estimate of drug-likeness (QED) is 0.226. The van der Waals surface area contributed by atoms with Gasteiger partial charge in [0, 0.05) is 29.7 Å². The Bertz CT molecular complexity index is 1490. The summed E-state index contributed by atoms with van der Waals surface area (Å²) in [5.41, 5.74) is 10.4. The molecule has 2 aliphatic rings. The zero-order valence-electron chi connectivity index (χ0n) is 21.7. The molecule has 4 aromatic rings. The predicted octanol–water partition coefficient (Wildman–Crippen LogP) is 5.15. The zero-order chi connectivity index (χ0) is 26.1. The summed E-state index contributed by atoms with van der Waals surface area (Å²) in [4.78, 5) is 18.7. The fourth-order valence-electron chi connectivity index (χ4n) is 5.28. The van der Waals surface area contributed by atoms with Gasteiger partial charge in [-0.25, -0.2) is 9.97 Å². The van der Waals surface area contributed by atoms with Crippen LogP contribution in [0.3, 0.4) is 0 Å². The van der Waals surface area contributed by atoms with Crippen molar-refractivity contribution in [1.82, 2.24) is 24.5 Å². The van der Waals surface area contributed by atoms with E-state index in [2.05, 4.69) is 25.3 Å². The average molecular weight is 627 g/mol. The summed E-state index contributed by atoms with van der Waals surface area (Å²) >= 11 is 1.21. The predicted molar refractivity (Wildman–Crippen MR) is 163 cm³/mol. The molecule has 0 bridgehead atoms. The van der Waals surface area contributed by atoms with Crippen LogP contribution in [0.25, 0.3) is 11.2 Å². The van der Waals surface area contributed by atoms with Crippen LogP contribution >= 0.6 is 36.2 Å². The molecule has 0 saturated heterocycles. The number of hydrogen-bond acceptors (Lipinski definition) is 10. The van der Waals surface area contributed by atoms with Gasteiger partial charge in [0.25, 0.3) is 10.0 Å². The highest BCUT2D eigenvalue weighted by molar-refractivity contribution is 7.93. The maximum atomic E-state index is 13.8. The minimum atomic E-state index is -4.01. The average Bonchev–Trinajstić information content (AvgIpc) is 3.71. The van der Waals surface area contributed by atoms with Gasteiger partial charge in [-0.05, 0) is 50.7 Å². The summed E-state index contributed by atoms with van der Waals surface area (Å²) in [6.45, 7) is 0. The van der Waals surface area contributed by atoms with Gasteiger partial charge in [0.15, 0.2) is 17.0 Å². The summed E-state index contributed by atoms with van der Waals surface area (Å²) in [6.07, 6.45) is 11.6. The van der Waals surface area contributed by atoms with Crippen LogP contribution in [0.5, 0.6) is 0 Å². The lowest BCUT2D eigenvalue weighted by Gasteiger charge is -2.27. The molecule has 1 aromatic carbocycles. The fraction of sp³-hybridized carbons (Fsp3) is 0.440. The van der Waals surface area contributed by atoms with E-state index in [1.807, 2.05) is 0 Å². The SMILES string of the molecule is Cl.Cl.NC1CCC(Nc2nc(NN(c3nccs3)S(=O)(=O)c3ccccc3)c3ncn(C4CCCC4)c3n2)CC1. The number of fused-ring (bicyclic) bond motifs is 1. The Hall–Kier alpha value is -2.71. The Morgan fingerprint density at radius 1 is 0.975 bits per heavy atom. The number of hydrazine groups is 1. The van der Waals surface area contributed by atoms with Crippen LogP contribution in [0.2, 0.25) is 0 Å². The van der Waals surface area contributed by atoms with E-state index in [4.69, 9.17) is 15.7 Å². The molecule has 4 N–H and O–H groups in total. The standard InChI is InChI=1S/C25H31N9O2S2.2ClH/c26-17-10-12-18(13-11-17)29-24-30-22(21-23(31-24)33(16-28-21)19-6-4-5-7-19)32-34(25-27-14-15-37-25)38(35,36)20-8-2-1-3-9-20;;/h1-3,8-9,14-19H,4-7,10-13,26H2,(H2,29,30,31,32);2*1H. The molecule has 0 unspecified atom stereocenters. The minimum absolute atomic E-state index is 0. The number of anilines is 3. The number of aromatic nitrogens is 5. The molecule has 0 radical (unpaired) electrons. The maximum Gasteiger partial charge on any atom is 0.283 e. The smallest absolute Gasteiger partial charge is 0.283 e. The molecule has 3 heterocycles. The van der Waals surface area contributed by atoms with Crippen molar-refractivity contribution in [2.75, 3.05) is 15.2 Å². The summed E-state index contributed by atoms with van der Waals surface area (Å²) in [5, 5.41) is 5.48. The van der Waals surface area contributed by atoms with Crippen molar-refractivity contribution in [3.63, 3.8) is 0 Å². The first-order valence-corrected chi connectivity index (χ1v) is 15.3. The molecular formula is C25H33Cl2N9O2S2. The van der Waals surface area contributed by atoms with Gasteiger partial charge in [-0.15, -0.1) is 40.6 Å². The third-order valence-corrected chi connectivity index (χ3v) is 9.81. The molecule has 40 heavy (non-hydrogen) atoms. The molecule has 2 saturated carbocycles. The van der Waals surface area contributed by atoms with Crippen LogP contribution in [0, 0.1) is 0 Å². The molecule has 11 nitrogen and oxygen atoms in total. The lowest BCUT2D eigenvalue weighted by Crippen LogP contribution is -2.37. The Labute approximate surface area is 249 Å². The van der Waals surface area contributed by atoms with Gasteiger partial charge in [-0.2, -0.15) is 18.4 Å². The molecule has 2 fully saturated rings. The number of thiazole rings is 1. The van der Waals surface area contributed by atoms with Crippen LogP contribution in [-0.2, 0) is 10.0 Å². The number of sulfonamides is 1. The number of hydrogen-bond donors (Lipinski definition) is 3. The van der Waals surface area contributed by atoms with Crippen molar-refractivity contribution in [1.29, 1.82) is 0 Å². The number of halogens is 2. The summed E-state index contributed by atoms with van der Waals surface area (Å²) in [6, 6.07) is 9.02. The van der Waals surface area contributed by atoms with Gasteiger partial charge in [-0.1, -0.05) is 31.0 Å². The molecular weight excluding hydrogens is 593 g/mol. The Kier molecular flexibility index (Phi) is 9.72. The lowest BCUT2D eigenvalue weighted by atomic mass is 9.92. The topological polar surface area (TPSA) is 144 Å². The molecule has 2 aliphatic carbocycles. The normalized spacial score (nSPS) is 19.5. The van der Waals surface area contributed by atoms with E-state index >= 15 is 0 Å². The van der Waals surface area contributed by atoms with E-state index < -0.39 is 10.0 Å². The third kappa shape index (κ3) is 6.13. The highest BCUT2D eigenvalue weighted by Crippen LogP contribution is 2.34. The van der Waals surface area contributed by atoms with Crippen LogP contribution in [0.1, 0.15) is 57.4 Å². The Morgan fingerprint density at radius 2 is 1.70 bits per heavy atom. The molecule has 6 rings (SSSR count). The summed E-state index contributed by atoms with van der Waals surface area (Å²) < 4.78 is 30.7. The van der Waals surface area contributed by atoms with E-state index in [9.17, 15) is 8.42 Å². The zero-order valence-corrected chi connectivity index (χ0v) is 25.0. The number of rotatable bonds is 8. The number of nitrogens with two attached hydrogens (primary N) is 1. The van der Waals surface area contributed by atoms with E-state index in [-0.39, 0.29) is 46.9 Å². The first-order chi connectivity index (χ1) is 18.5. The van der Waals surface area contributed by atoms with E-state index in [1.165, 1.54) is 24.2 Å². The van der Waals surface area contributed by atoms with Gasteiger partial charge in [0.2, 0.25) is 11.1 Å². The van der Waals surface area contributed by atoms with Gasteiger partial charge in [0.05, 0.1) is 11.2 Å². The number of nitrogens with one attached hydrogen (secondary N) is 2. The second-order valence-electron chi connectivity index (χ2n) is 9.92. The molecule has 15 heteroatoms. The van der Waals surface area contributed by atoms with E-state index in [0.717, 1.165) is 42.9 Å². The first kappa shape index (κ1) is 30.3. The fourth-order valence-corrected chi connectivity index (χ4v) is 7.38. The highest BCUT2D eigenvalue weighted by Gasteiger charge is 2.30. The third-order valence-electron chi connectivity index (χ3n) is 7.33. The largest absolute Gasteiger partial charge is 0.351 e. The van der Waals surface area contributed by atoms with Gasteiger partial charge in [0.1, 0.15) is 0 Å². The van der Waals surface area contributed by atoms with Gasteiger partial charge < -0.3 is 15.6 Å². The molecule has 0 aliphatic heterocycles. The van der Waals surface area contributed by atoms with Crippen LogP contribution in [0.4, 0.5) is 16.9 Å². The second kappa shape index (κ2) is 12.9. The number of nitrogens with zero attached hydrogens (tertiary/aromatic N) is 6.